The number of rotatable bonds is 7. The lowest BCUT2D eigenvalue weighted by atomic mass is 10.2. The van der Waals surface area contributed by atoms with Crippen LogP contribution < -0.4 is 0 Å². The van der Waals surface area contributed by atoms with E-state index in [1.54, 1.807) is 12.1 Å². The third-order valence-electron chi connectivity index (χ3n) is 5.47. The van der Waals surface area contributed by atoms with E-state index in [2.05, 4.69) is 14.8 Å². The second-order valence-corrected chi connectivity index (χ2v) is 10.3. The molecule has 0 atom stereocenters. The van der Waals surface area contributed by atoms with Gasteiger partial charge in [-0.15, -0.1) is 10.2 Å². The molecule has 33 heavy (non-hydrogen) atoms. The fourth-order valence-electron chi connectivity index (χ4n) is 3.81. The SMILES string of the molecule is CCn1c(CSc2nnc(-c3ccccc3)o2)nc2cc(S(=O)(=O)N3CCOCC3)ccc21. The monoisotopic (exact) mass is 485 g/mol. The highest BCUT2D eigenvalue weighted by Crippen LogP contribution is 2.28. The summed E-state index contributed by atoms with van der Waals surface area (Å²) in [4.78, 5) is 4.98. The second kappa shape index (κ2) is 9.26. The van der Waals surface area contributed by atoms with Crippen molar-refractivity contribution in [2.75, 3.05) is 26.3 Å². The maximum atomic E-state index is 13.0. The Hall–Kier alpha value is -2.73. The molecule has 0 N–H and O–H groups in total. The molecule has 1 aliphatic heterocycles. The topological polar surface area (TPSA) is 103 Å². The zero-order valence-electron chi connectivity index (χ0n) is 18.0. The normalized spacial score (nSPS) is 15.3. The molecule has 0 saturated carbocycles. The Morgan fingerprint density at radius 3 is 2.61 bits per heavy atom. The van der Waals surface area contributed by atoms with Gasteiger partial charge in [0.25, 0.3) is 5.22 Å². The van der Waals surface area contributed by atoms with Crippen molar-refractivity contribution in [2.45, 2.75) is 29.3 Å². The van der Waals surface area contributed by atoms with Crippen LogP contribution in [0.5, 0.6) is 0 Å². The molecular weight excluding hydrogens is 462 g/mol. The van der Waals surface area contributed by atoms with Crippen LogP contribution in [0.3, 0.4) is 0 Å². The number of thioether (sulfide) groups is 1. The largest absolute Gasteiger partial charge is 0.411 e. The van der Waals surface area contributed by atoms with Crippen LogP contribution in [-0.2, 0) is 27.1 Å². The number of nitrogens with zero attached hydrogens (tertiary/aromatic N) is 5. The standard InChI is InChI=1S/C22H23N5O4S2/c1-2-27-19-9-8-17(33(28,29)26-10-12-30-13-11-26)14-18(19)23-20(27)15-32-22-25-24-21(31-22)16-6-4-3-5-7-16/h3-9,14H,2,10-13,15H2,1H3. The molecule has 1 aliphatic rings. The van der Waals surface area contributed by atoms with Gasteiger partial charge in [0.05, 0.1) is 34.9 Å². The number of aryl methyl sites for hydroxylation is 1. The molecule has 9 nitrogen and oxygen atoms in total. The van der Waals surface area contributed by atoms with Gasteiger partial charge in [-0.2, -0.15) is 4.31 Å². The molecule has 5 rings (SSSR count). The smallest absolute Gasteiger partial charge is 0.277 e. The molecule has 172 valence electrons. The molecule has 0 radical (unpaired) electrons. The summed E-state index contributed by atoms with van der Waals surface area (Å²) in [7, 11) is -3.58. The molecule has 0 spiro atoms. The second-order valence-electron chi connectivity index (χ2n) is 7.47. The summed E-state index contributed by atoms with van der Waals surface area (Å²) in [6.45, 7) is 4.29. The summed E-state index contributed by atoms with van der Waals surface area (Å²) >= 11 is 1.40. The first-order valence-corrected chi connectivity index (χ1v) is 13.1. The van der Waals surface area contributed by atoms with Crippen LogP contribution in [0.15, 0.2) is 63.1 Å². The van der Waals surface area contributed by atoms with Gasteiger partial charge >= 0.3 is 0 Å². The van der Waals surface area contributed by atoms with Crippen LogP contribution in [0.1, 0.15) is 12.7 Å². The van der Waals surface area contributed by atoms with Crippen molar-refractivity contribution in [3.05, 3.63) is 54.4 Å². The Bertz CT molecular complexity index is 1360. The lowest BCUT2D eigenvalue weighted by molar-refractivity contribution is 0.0730. The number of fused-ring (bicyclic) bond motifs is 1. The summed E-state index contributed by atoms with van der Waals surface area (Å²) in [6, 6.07) is 14.7. The van der Waals surface area contributed by atoms with Crippen molar-refractivity contribution in [3.63, 3.8) is 0 Å². The van der Waals surface area contributed by atoms with Crippen molar-refractivity contribution in [1.29, 1.82) is 0 Å². The Balaban J connectivity index is 1.38. The van der Waals surface area contributed by atoms with Crippen LogP contribution in [0, 0.1) is 0 Å². The van der Waals surface area contributed by atoms with E-state index in [1.807, 2.05) is 43.3 Å². The van der Waals surface area contributed by atoms with Gasteiger partial charge in [-0.1, -0.05) is 30.0 Å². The molecular formula is C22H23N5O4S2. The third kappa shape index (κ3) is 4.41. The van der Waals surface area contributed by atoms with Crippen molar-refractivity contribution >= 4 is 32.8 Å². The average Bonchev–Trinajstić information content (AvgIpc) is 3.47. The molecule has 2 aromatic heterocycles. The highest BCUT2D eigenvalue weighted by atomic mass is 32.2. The van der Waals surface area contributed by atoms with Crippen LogP contribution >= 0.6 is 11.8 Å². The molecule has 3 heterocycles. The highest BCUT2D eigenvalue weighted by Gasteiger charge is 2.27. The van der Waals surface area contributed by atoms with E-state index in [1.165, 1.54) is 16.1 Å². The van der Waals surface area contributed by atoms with E-state index in [4.69, 9.17) is 14.1 Å². The number of benzene rings is 2. The summed E-state index contributed by atoms with van der Waals surface area (Å²) < 4.78 is 40.6. The summed E-state index contributed by atoms with van der Waals surface area (Å²) in [5.41, 5.74) is 2.41. The predicted molar refractivity (Wildman–Crippen MR) is 124 cm³/mol. The van der Waals surface area contributed by atoms with Gasteiger partial charge in [0.1, 0.15) is 5.82 Å². The quantitative estimate of drug-likeness (QED) is 0.367. The minimum absolute atomic E-state index is 0.251. The number of hydrogen-bond donors (Lipinski definition) is 0. The van der Waals surface area contributed by atoms with Gasteiger partial charge in [-0.25, -0.2) is 13.4 Å². The molecule has 0 unspecified atom stereocenters. The number of sulfonamides is 1. The number of imidazole rings is 1. The van der Waals surface area contributed by atoms with Crippen molar-refractivity contribution in [1.82, 2.24) is 24.1 Å². The Morgan fingerprint density at radius 1 is 1.06 bits per heavy atom. The van der Waals surface area contributed by atoms with Crippen molar-refractivity contribution in [3.8, 4) is 11.5 Å². The molecule has 2 aromatic carbocycles. The fourth-order valence-corrected chi connectivity index (χ4v) is 5.95. The van der Waals surface area contributed by atoms with Crippen LogP contribution in [0.4, 0.5) is 0 Å². The summed E-state index contributed by atoms with van der Waals surface area (Å²) in [5.74, 6) is 1.81. The molecule has 0 aliphatic carbocycles. The van der Waals surface area contributed by atoms with Gasteiger partial charge in [0, 0.05) is 25.2 Å². The Kier molecular flexibility index (Phi) is 6.19. The molecule has 0 bridgehead atoms. The third-order valence-corrected chi connectivity index (χ3v) is 8.18. The van der Waals surface area contributed by atoms with Crippen molar-refractivity contribution < 1.29 is 17.6 Å². The van der Waals surface area contributed by atoms with Crippen molar-refractivity contribution in [2.24, 2.45) is 0 Å². The first kappa shape index (κ1) is 22.1. The first-order chi connectivity index (χ1) is 16.1. The van der Waals surface area contributed by atoms with E-state index in [9.17, 15) is 8.42 Å². The minimum Gasteiger partial charge on any atom is -0.411 e. The lowest BCUT2D eigenvalue weighted by Gasteiger charge is -2.26. The van der Waals surface area contributed by atoms with Crippen LogP contribution in [0.2, 0.25) is 0 Å². The molecule has 0 amide bonds. The number of aromatic nitrogens is 4. The lowest BCUT2D eigenvalue weighted by Crippen LogP contribution is -2.40. The first-order valence-electron chi connectivity index (χ1n) is 10.6. The maximum Gasteiger partial charge on any atom is 0.277 e. The Morgan fingerprint density at radius 2 is 1.85 bits per heavy atom. The highest BCUT2D eigenvalue weighted by molar-refractivity contribution is 7.98. The van der Waals surface area contributed by atoms with Crippen LogP contribution in [-0.4, -0.2) is 58.8 Å². The molecule has 4 aromatic rings. The Labute approximate surface area is 195 Å². The zero-order chi connectivity index (χ0) is 22.8. The summed E-state index contributed by atoms with van der Waals surface area (Å²) in [6.07, 6.45) is 0. The average molecular weight is 486 g/mol. The van der Waals surface area contributed by atoms with Gasteiger partial charge in [-0.05, 0) is 37.3 Å². The van der Waals surface area contributed by atoms with Gasteiger partial charge in [-0.3, -0.25) is 0 Å². The van der Waals surface area contributed by atoms with Gasteiger partial charge < -0.3 is 13.7 Å². The van der Waals surface area contributed by atoms with E-state index >= 15 is 0 Å². The molecule has 1 fully saturated rings. The molecule has 1 saturated heterocycles. The number of morpholine rings is 1. The predicted octanol–water partition coefficient (Wildman–Crippen LogP) is 3.42. The van der Waals surface area contributed by atoms with E-state index in [-0.39, 0.29) is 4.90 Å². The summed E-state index contributed by atoms with van der Waals surface area (Å²) in [5, 5.41) is 8.71. The number of hydrogen-bond acceptors (Lipinski definition) is 8. The van der Waals surface area contributed by atoms with Gasteiger partial charge in [0.15, 0.2) is 0 Å². The van der Waals surface area contributed by atoms with Gasteiger partial charge in [0.2, 0.25) is 15.9 Å². The van der Waals surface area contributed by atoms with E-state index < -0.39 is 10.0 Å². The maximum absolute atomic E-state index is 13.0. The zero-order valence-corrected chi connectivity index (χ0v) is 19.7. The number of ether oxygens (including phenoxy) is 1. The molecule has 11 heteroatoms. The van der Waals surface area contributed by atoms with E-state index in [0.717, 1.165) is 16.9 Å². The minimum atomic E-state index is -3.58. The van der Waals surface area contributed by atoms with E-state index in [0.29, 0.717) is 55.2 Å². The van der Waals surface area contributed by atoms with Crippen LogP contribution in [0.25, 0.3) is 22.5 Å². The fraction of sp³-hybridized carbons (Fsp3) is 0.318.